The zero-order valence-corrected chi connectivity index (χ0v) is 9.59. The van der Waals surface area contributed by atoms with Crippen molar-refractivity contribution < 1.29 is 0 Å². The summed E-state index contributed by atoms with van der Waals surface area (Å²) in [6.07, 6.45) is 3.72. The fourth-order valence-electron chi connectivity index (χ4n) is 1.53. The van der Waals surface area contributed by atoms with Gasteiger partial charge in [0.25, 0.3) is 0 Å². The van der Waals surface area contributed by atoms with Gasteiger partial charge in [-0.05, 0) is 31.2 Å². The van der Waals surface area contributed by atoms with E-state index in [1.807, 2.05) is 10.7 Å². The highest BCUT2D eigenvalue weighted by Gasteiger charge is 2.26. The fourth-order valence-corrected chi connectivity index (χ4v) is 1.76. The summed E-state index contributed by atoms with van der Waals surface area (Å²) in [5.74, 6) is 1.41. The summed E-state index contributed by atoms with van der Waals surface area (Å²) in [5.41, 5.74) is 1.19. The summed E-state index contributed by atoms with van der Waals surface area (Å²) in [4.78, 5) is 0. The molecule has 1 aliphatic rings. The second kappa shape index (κ2) is 3.93. The molecule has 14 heavy (non-hydrogen) atoms. The number of hydrogen-bond acceptors (Lipinski definition) is 1. The molecule has 1 saturated carbocycles. The number of nitrogens with zero attached hydrogens (tertiary/aromatic N) is 2. The number of aromatic nitrogens is 2. The zero-order valence-electron chi connectivity index (χ0n) is 8.83. The second-order valence-electron chi connectivity index (χ2n) is 4.57. The summed E-state index contributed by atoms with van der Waals surface area (Å²) in [6, 6.07) is 2.03. The first-order valence-corrected chi connectivity index (χ1v) is 5.78. The van der Waals surface area contributed by atoms with E-state index in [0.717, 1.165) is 18.1 Å². The quantitative estimate of drug-likeness (QED) is 0.748. The maximum atomic E-state index is 6.10. The third-order valence-electron chi connectivity index (χ3n) is 2.66. The Balaban J connectivity index is 2.01. The molecular weight excluding hydrogens is 196 g/mol. The van der Waals surface area contributed by atoms with E-state index in [-0.39, 0.29) is 0 Å². The standard InChI is InChI=1S/C11H17ClN2/c1-8(2)5-6-14-11(12)7-10(13-14)9-3-4-9/h7-9H,3-6H2,1-2H3. The average Bonchev–Trinajstić information content (AvgIpc) is 2.88. The molecule has 0 radical (unpaired) electrons. The molecular formula is C11H17ClN2. The maximum absolute atomic E-state index is 6.10. The molecule has 2 nitrogen and oxygen atoms in total. The molecule has 1 fully saturated rings. The van der Waals surface area contributed by atoms with E-state index in [2.05, 4.69) is 18.9 Å². The number of hydrogen-bond donors (Lipinski definition) is 0. The van der Waals surface area contributed by atoms with Gasteiger partial charge in [-0.15, -0.1) is 0 Å². The van der Waals surface area contributed by atoms with Gasteiger partial charge in [0.15, 0.2) is 0 Å². The van der Waals surface area contributed by atoms with Crippen LogP contribution in [0.5, 0.6) is 0 Å². The topological polar surface area (TPSA) is 17.8 Å². The molecule has 78 valence electrons. The Morgan fingerprint density at radius 2 is 2.29 bits per heavy atom. The Hall–Kier alpha value is -0.500. The van der Waals surface area contributed by atoms with Crippen molar-refractivity contribution in [2.24, 2.45) is 5.92 Å². The van der Waals surface area contributed by atoms with Crippen LogP contribution in [0.25, 0.3) is 0 Å². The van der Waals surface area contributed by atoms with Gasteiger partial charge < -0.3 is 0 Å². The average molecular weight is 213 g/mol. The van der Waals surface area contributed by atoms with Crippen LogP contribution in [0, 0.1) is 5.92 Å². The first kappa shape index (κ1) is 10.0. The normalized spacial score (nSPS) is 16.6. The van der Waals surface area contributed by atoms with Gasteiger partial charge in [-0.1, -0.05) is 25.4 Å². The van der Waals surface area contributed by atoms with Crippen LogP contribution in [0.1, 0.15) is 44.7 Å². The lowest BCUT2D eigenvalue weighted by atomic mass is 10.1. The first-order chi connectivity index (χ1) is 6.66. The predicted octanol–water partition coefficient (Wildman–Crippen LogP) is 3.46. The third kappa shape index (κ3) is 2.30. The lowest BCUT2D eigenvalue weighted by Crippen LogP contribution is -2.03. The van der Waals surface area contributed by atoms with Crippen LogP contribution < -0.4 is 0 Å². The smallest absolute Gasteiger partial charge is 0.127 e. The molecule has 0 aliphatic heterocycles. The van der Waals surface area contributed by atoms with Crippen molar-refractivity contribution in [1.82, 2.24) is 9.78 Å². The van der Waals surface area contributed by atoms with Crippen LogP contribution >= 0.6 is 11.6 Å². The largest absolute Gasteiger partial charge is 0.254 e. The molecule has 1 heterocycles. The van der Waals surface area contributed by atoms with E-state index in [0.29, 0.717) is 11.8 Å². The highest BCUT2D eigenvalue weighted by atomic mass is 35.5. The molecule has 1 aromatic heterocycles. The first-order valence-electron chi connectivity index (χ1n) is 5.40. The van der Waals surface area contributed by atoms with Crippen LogP contribution in [-0.2, 0) is 6.54 Å². The lowest BCUT2D eigenvalue weighted by Gasteiger charge is -2.05. The summed E-state index contributed by atoms with van der Waals surface area (Å²) in [7, 11) is 0. The summed E-state index contributed by atoms with van der Waals surface area (Å²) in [6.45, 7) is 5.39. The molecule has 0 amide bonds. The molecule has 1 aromatic rings. The molecule has 0 atom stereocenters. The predicted molar refractivity (Wildman–Crippen MR) is 58.7 cm³/mol. The molecule has 1 aliphatic carbocycles. The van der Waals surface area contributed by atoms with Crippen molar-refractivity contribution in [3.05, 3.63) is 16.9 Å². The van der Waals surface area contributed by atoms with Crippen molar-refractivity contribution >= 4 is 11.6 Å². The highest BCUT2D eigenvalue weighted by molar-refractivity contribution is 6.29. The minimum absolute atomic E-state index is 0.702. The molecule has 0 bridgehead atoms. The van der Waals surface area contributed by atoms with Crippen molar-refractivity contribution in [1.29, 1.82) is 0 Å². The Kier molecular flexibility index (Phi) is 2.82. The summed E-state index contributed by atoms with van der Waals surface area (Å²) in [5, 5.41) is 5.33. The van der Waals surface area contributed by atoms with Gasteiger partial charge in [0.05, 0.1) is 5.69 Å². The number of halogens is 1. The fraction of sp³-hybridized carbons (Fsp3) is 0.727. The van der Waals surface area contributed by atoms with E-state index >= 15 is 0 Å². The molecule has 0 unspecified atom stereocenters. The van der Waals surface area contributed by atoms with Gasteiger partial charge >= 0.3 is 0 Å². The van der Waals surface area contributed by atoms with Crippen LogP contribution in [0.2, 0.25) is 5.15 Å². The van der Waals surface area contributed by atoms with Crippen LogP contribution in [0.3, 0.4) is 0 Å². The van der Waals surface area contributed by atoms with Gasteiger partial charge in [-0.3, -0.25) is 4.68 Å². The summed E-state index contributed by atoms with van der Waals surface area (Å²) >= 11 is 6.10. The van der Waals surface area contributed by atoms with Gasteiger partial charge in [0.2, 0.25) is 0 Å². The summed E-state index contributed by atoms with van der Waals surface area (Å²) < 4.78 is 1.94. The van der Waals surface area contributed by atoms with Crippen LogP contribution in [-0.4, -0.2) is 9.78 Å². The third-order valence-corrected chi connectivity index (χ3v) is 2.97. The van der Waals surface area contributed by atoms with E-state index in [9.17, 15) is 0 Å². The van der Waals surface area contributed by atoms with Gasteiger partial charge in [0.1, 0.15) is 5.15 Å². The number of rotatable bonds is 4. The second-order valence-corrected chi connectivity index (χ2v) is 4.96. The van der Waals surface area contributed by atoms with E-state index in [1.54, 1.807) is 0 Å². The molecule has 0 N–H and O–H groups in total. The van der Waals surface area contributed by atoms with Gasteiger partial charge in [-0.25, -0.2) is 0 Å². The molecule has 0 spiro atoms. The lowest BCUT2D eigenvalue weighted by molar-refractivity contribution is 0.485. The zero-order chi connectivity index (χ0) is 10.1. The Morgan fingerprint density at radius 3 is 2.86 bits per heavy atom. The molecule has 2 rings (SSSR count). The Labute approximate surface area is 90.3 Å². The van der Waals surface area contributed by atoms with Crippen LogP contribution in [0.15, 0.2) is 6.07 Å². The Morgan fingerprint density at radius 1 is 1.57 bits per heavy atom. The van der Waals surface area contributed by atoms with Gasteiger partial charge in [0, 0.05) is 12.5 Å². The van der Waals surface area contributed by atoms with Crippen molar-refractivity contribution in [3.8, 4) is 0 Å². The monoisotopic (exact) mass is 212 g/mol. The van der Waals surface area contributed by atoms with Gasteiger partial charge in [-0.2, -0.15) is 5.10 Å². The minimum Gasteiger partial charge on any atom is -0.254 e. The van der Waals surface area contributed by atoms with Crippen molar-refractivity contribution in [2.45, 2.75) is 45.6 Å². The van der Waals surface area contributed by atoms with E-state index < -0.39 is 0 Å². The molecule has 0 aromatic carbocycles. The molecule has 3 heteroatoms. The van der Waals surface area contributed by atoms with Crippen molar-refractivity contribution in [3.63, 3.8) is 0 Å². The number of aryl methyl sites for hydroxylation is 1. The maximum Gasteiger partial charge on any atom is 0.127 e. The minimum atomic E-state index is 0.702. The highest BCUT2D eigenvalue weighted by Crippen LogP contribution is 2.39. The van der Waals surface area contributed by atoms with E-state index in [1.165, 1.54) is 18.5 Å². The Bertz CT molecular complexity index is 313. The van der Waals surface area contributed by atoms with Crippen molar-refractivity contribution in [2.75, 3.05) is 0 Å². The van der Waals surface area contributed by atoms with Crippen LogP contribution in [0.4, 0.5) is 0 Å². The SMILES string of the molecule is CC(C)CCn1nc(C2CC2)cc1Cl. The molecule has 0 saturated heterocycles. The van der Waals surface area contributed by atoms with E-state index in [4.69, 9.17) is 11.6 Å².